The minimum Gasteiger partial charge on any atom is -0.324 e. The van der Waals surface area contributed by atoms with Crippen molar-refractivity contribution in [1.29, 1.82) is 5.26 Å². The molecule has 1 aliphatic heterocycles. The van der Waals surface area contributed by atoms with Crippen LogP contribution in [0, 0.1) is 11.3 Å². The monoisotopic (exact) mass is 388 g/mol. The Hall–Kier alpha value is -2.89. The van der Waals surface area contributed by atoms with E-state index in [2.05, 4.69) is 10.6 Å². The molecule has 7 nitrogen and oxygen atoms in total. The lowest BCUT2D eigenvalue weighted by atomic mass is 9.95. The lowest BCUT2D eigenvalue weighted by Crippen LogP contribution is -2.41. The van der Waals surface area contributed by atoms with Gasteiger partial charge >= 0.3 is 6.03 Å². The van der Waals surface area contributed by atoms with Crippen LogP contribution in [0.4, 0.5) is 10.5 Å². The molecule has 1 atom stereocenters. The Morgan fingerprint density at radius 3 is 2.81 bits per heavy atom. The predicted octanol–water partition coefficient (Wildman–Crippen LogP) is 2.68. The van der Waals surface area contributed by atoms with E-state index >= 15 is 0 Å². The molecule has 0 radical (unpaired) electrons. The Bertz CT molecular complexity index is 938. The van der Waals surface area contributed by atoms with Crippen LogP contribution < -0.4 is 10.6 Å². The van der Waals surface area contributed by atoms with E-state index in [9.17, 15) is 14.4 Å². The van der Waals surface area contributed by atoms with E-state index in [1.807, 2.05) is 11.4 Å². The third kappa shape index (κ3) is 3.14. The van der Waals surface area contributed by atoms with Crippen LogP contribution in [0.5, 0.6) is 0 Å². The van der Waals surface area contributed by atoms with Crippen LogP contribution in [0.15, 0.2) is 35.0 Å². The molecule has 0 spiro atoms. The number of amides is 4. The Kier molecular flexibility index (Phi) is 4.68. The standard InChI is InChI=1S/C17H13ClN4O3S/c1-17(11-4-5-26-9-11)15(24)22(16(25)21-17)8-14(23)20-12-3-2-10(7-19)13(18)6-12/h2-6,9H,8H2,1H3,(H,20,23)(H,21,25). The number of nitrogens with one attached hydrogen (secondary N) is 2. The van der Waals surface area contributed by atoms with Crippen molar-refractivity contribution in [2.75, 3.05) is 11.9 Å². The van der Waals surface area contributed by atoms with Gasteiger partial charge in [0.05, 0.1) is 10.6 Å². The number of thiophene rings is 1. The van der Waals surface area contributed by atoms with Crippen molar-refractivity contribution in [3.05, 3.63) is 51.2 Å². The quantitative estimate of drug-likeness (QED) is 0.786. The molecule has 4 amide bonds. The third-order valence-corrected chi connectivity index (χ3v) is 5.04. The largest absolute Gasteiger partial charge is 0.325 e. The highest BCUT2D eigenvalue weighted by Crippen LogP contribution is 2.30. The fraction of sp³-hybridized carbons (Fsp3) is 0.176. The van der Waals surface area contributed by atoms with E-state index < -0.39 is 29.9 Å². The van der Waals surface area contributed by atoms with Gasteiger partial charge in [-0.25, -0.2) is 4.79 Å². The molecule has 0 saturated carbocycles. The molecule has 0 bridgehead atoms. The van der Waals surface area contributed by atoms with Gasteiger partial charge in [-0.2, -0.15) is 16.6 Å². The van der Waals surface area contributed by atoms with Crippen molar-refractivity contribution < 1.29 is 14.4 Å². The van der Waals surface area contributed by atoms with E-state index in [0.717, 1.165) is 4.90 Å². The van der Waals surface area contributed by atoms with Gasteiger partial charge in [-0.3, -0.25) is 14.5 Å². The van der Waals surface area contributed by atoms with Crippen molar-refractivity contribution in [1.82, 2.24) is 10.2 Å². The first-order chi connectivity index (χ1) is 12.3. The fourth-order valence-corrected chi connectivity index (χ4v) is 3.60. The summed E-state index contributed by atoms with van der Waals surface area (Å²) in [4.78, 5) is 38.0. The number of anilines is 1. The summed E-state index contributed by atoms with van der Waals surface area (Å²) in [7, 11) is 0. The van der Waals surface area contributed by atoms with Gasteiger partial charge in [-0.05, 0) is 47.5 Å². The summed E-state index contributed by atoms with van der Waals surface area (Å²) in [6, 6.07) is 7.46. The number of hydrogen-bond acceptors (Lipinski definition) is 5. The van der Waals surface area contributed by atoms with E-state index in [4.69, 9.17) is 16.9 Å². The van der Waals surface area contributed by atoms with Crippen LogP contribution in [-0.4, -0.2) is 29.3 Å². The van der Waals surface area contributed by atoms with Crippen LogP contribution >= 0.6 is 22.9 Å². The number of nitriles is 1. The van der Waals surface area contributed by atoms with E-state index in [-0.39, 0.29) is 10.6 Å². The minimum absolute atomic E-state index is 0.199. The maximum absolute atomic E-state index is 12.7. The number of nitrogens with zero attached hydrogens (tertiary/aromatic N) is 2. The topological polar surface area (TPSA) is 102 Å². The van der Waals surface area contributed by atoms with Crippen LogP contribution in [0.3, 0.4) is 0 Å². The number of carbonyl (C=O) groups excluding carboxylic acids is 3. The average Bonchev–Trinajstić information content (AvgIpc) is 3.20. The molecule has 2 aromatic rings. The normalized spacial score (nSPS) is 19.2. The summed E-state index contributed by atoms with van der Waals surface area (Å²) >= 11 is 7.34. The molecule has 9 heteroatoms. The number of urea groups is 1. The first kappa shape index (κ1) is 17.9. The summed E-state index contributed by atoms with van der Waals surface area (Å²) in [6.07, 6.45) is 0. The van der Waals surface area contributed by atoms with Gasteiger partial charge in [0.2, 0.25) is 5.91 Å². The molecule has 0 aliphatic carbocycles. The molecule has 2 heterocycles. The summed E-state index contributed by atoms with van der Waals surface area (Å²) in [5.41, 5.74) is 0.134. The number of benzene rings is 1. The minimum atomic E-state index is -1.19. The molecule has 1 aromatic heterocycles. The smallest absolute Gasteiger partial charge is 0.324 e. The van der Waals surface area contributed by atoms with Crippen molar-refractivity contribution >= 4 is 46.5 Å². The highest BCUT2D eigenvalue weighted by Gasteiger charge is 2.49. The predicted molar refractivity (Wildman–Crippen MR) is 96.7 cm³/mol. The van der Waals surface area contributed by atoms with Crippen LogP contribution in [-0.2, 0) is 15.1 Å². The van der Waals surface area contributed by atoms with Crippen LogP contribution in [0.2, 0.25) is 5.02 Å². The highest BCUT2D eigenvalue weighted by molar-refractivity contribution is 7.08. The first-order valence-electron chi connectivity index (χ1n) is 7.51. The Labute approximate surface area is 158 Å². The number of rotatable bonds is 4. The van der Waals surface area contributed by atoms with Crippen LogP contribution in [0.1, 0.15) is 18.1 Å². The number of imide groups is 1. The van der Waals surface area contributed by atoms with Gasteiger partial charge in [0, 0.05) is 5.69 Å². The molecule has 1 unspecified atom stereocenters. The van der Waals surface area contributed by atoms with Gasteiger partial charge in [0.25, 0.3) is 5.91 Å². The van der Waals surface area contributed by atoms with Gasteiger partial charge in [-0.15, -0.1) is 0 Å². The molecule has 1 aliphatic rings. The Morgan fingerprint density at radius 1 is 1.42 bits per heavy atom. The molecular weight excluding hydrogens is 376 g/mol. The summed E-state index contributed by atoms with van der Waals surface area (Å²) in [5, 5.41) is 17.8. The molecule has 132 valence electrons. The number of hydrogen-bond donors (Lipinski definition) is 2. The molecule has 1 fully saturated rings. The fourth-order valence-electron chi connectivity index (χ4n) is 2.61. The third-order valence-electron chi connectivity index (χ3n) is 4.05. The second-order valence-electron chi connectivity index (χ2n) is 5.81. The van der Waals surface area contributed by atoms with Crippen LogP contribution in [0.25, 0.3) is 0 Å². The van der Waals surface area contributed by atoms with Gasteiger partial charge < -0.3 is 10.6 Å². The van der Waals surface area contributed by atoms with E-state index in [1.165, 1.54) is 29.5 Å². The second kappa shape index (κ2) is 6.78. The lowest BCUT2D eigenvalue weighted by molar-refractivity contribution is -0.133. The van der Waals surface area contributed by atoms with E-state index in [1.54, 1.807) is 18.4 Å². The zero-order chi connectivity index (χ0) is 18.9. The summed E-state index contributed by atoms with van der Waals surface area (Å²) < 4.78 is 0. The maximum atomic E-state index is 12.7. The zero-order valence-electron chi connectivity index (χ0n) is 13.6. The zero-order valence-corrected chi connectivity index (χ0v) is 15.1. The van der Waals surface area contributed by atoms with Crippen molar-refractivity contribution in [2.24, 2.45) is 0 Å². The van der Waals surface area contributed by atoms with Crippen molar-refractivity contribution in [3.63, 3.8) is 0 Å². The molecule has 3 rings (SSSR count). The van der Waals surface area contributed by atoms with E-state index in [0.29, 0.717) is 11.3 Å². The summed E-state index contributed by atoms with van der Waals surface area (Å²) in [5.74, 6) is -1.04. The average molecular weight is 389 g/mol. The molecular formula is C17H13ClN4O3S. The molecule has 2 N–H and O–H groups in total. The summed E-state index contributed by atoms with van der Waals surface area (Å²) in [6.45, 7) is 1.18. The molecule has 1 aromatic carbocycles. The number of halogens is 1. The SMILES string of the molecule is CC1(c2ccsc2)NC(=O)N(CC(=O)Nc2ccc(C#N)c(Cl)c2)C1=O. The van der Waals surface area contributed by atoms with Gasteiger partial charge in [0.15, 0.2) is 0 Å². The van der Waals surface area contributed by atoms with Crippen molar-refractivity contribution in [2.45, 2.75) is 12.5 Å². The van der Waals surface area contributed by atoms with Crippen molar-refractivity contribution in [3.8, 4) is 6.07 Å². The Morgan fingerprint density at radius 2 is 2.19 bits per heavy atom. The highest BCUT2D eigenvalue weighted by atomic mass is 35.5. The molecule has 1 saturated heterocycles. The second-order valence-corrected chi connectivity index (χ2v) is 7.00. The maximum Gasteiger partial charge on any atom is 0.325 e. The first-order valence-corrected chi connectivity index (χ1v) is 8.83. The molecule has 26 heavy (non-hydrogen) atoms. The van der Waals surface area contributed by atoms with Gasteiger partial charge in [0.1, 0.15) is 18.2 Å². The lowest BCUT2D eigenvalue weighted by Gasteiger charge is -2.20. The Balaban J connectivity index is 1.72. The number of carbonyl (C=O) groups is 3. The van der Waals surface area contributed by atoms with Gasteiger partial charge in [-0.1, -0.05) is 11.6 Å².